The van der Waals surface area contributed by atoms with E-state index in [0.29, 0.717) is 23.9 Å². The number of ether oxygens (including phenoxy) is 1. The fourth-order valence-electron chi connectivity index (χ4n) is 3.19. The van der Waals surface area contributed by atoms with Crippen LogP contribution >= 0.6 is 11.6 Å². The Balaban J connectivity index is 1.74. The highest BCUT2D eigenvalue weighted by Crippen LogP contribution is 2.19. The Kier molecular flexibility index (Phi) is 6.65. The number of hydrogen-bond acceptors (Lipinski definition) is 4. The van der Waals surface area contributed by atoms with Crippen molar-refractivity contribution < 1.29 is 14.3 Å². The second-order valence-electron chi connectivity index (χ2n) is 6.99. The molecule has 0 aliphatic carbocycles. The summed E-state index contributed by atoms with van der Waals surface area (Å²) in [5.41, 5.74) is 3.25. The standard InChI is InChI=1S/C21H24ClN3O3/c1-14-5-3-7-18(15(14)2)24-20(26)13-25(12-17-6-4-10-28-17)21(27)16-8-9-19(22)23-11-16/h3,5,7-9,11,17H,4,6,10,12-13H2,1-2H3,(H,24,26). The number of anilines is 1. The SMILES string of the molecule is Cc1cccc(NC(=O)CN(CC2CCCO2)C(=O)c2ccc(Cl)nc2)c1C. The van der Waals surface area contributed by atoms with Crippen molar-refractivity contribution in [2.75, 3.05) is 25.0 Å². The fourth-order valence-corrected chi connectivity index (χ4v) is 3.30. The molecule has 1 N–H and O–H groups in total. The molecular weight excluding hydrogens is 378 g/mol. The summed E-state index contributed by atoms with van der Waals surface area (Å²) in [5.74, 6) is -0.516. The van der Waals surface area contributed by atoms with Gasteiger partial charge in [-0.05, 0) is 56.0 Å². The van der Waals surface area contributed by atoms with Crippen LogP contribution in [0, 0.1) is 13.8 Å². The van der Waals surface area contributed by atoms with Crippen LogP contribution < -0.4 is 5.32 Å². The second-order valence-corrected chi connectivity index (χ2v) is 7.37. The first-order valence-electron chi connectivity index (χ1n) is 9.32. The normalized spacial score (nSPS) is 16.0. The zero-order valence-electron chi connectivity index (χ0n) is 16.1. The van der Waals surface area contributed by atoms with Gasteiger partial charge in [-0.15, -0.1) is 0 Å². The first-order valence-corrected chi connectivity index (χ1v) is 9.70. The second kappa shape index (κ2) is 9.17. The molecule has 1 aromatic carbocycles. The molecule has 0 bridgehead atoms. The lowest BCUT2D eigenvalue weighted by molar-refractivity contribution is -0.117. The molecule has 6 nitrogen and oxygen atoms in total. The van der Waals surface area contributed by atoms with E-state index >= 15 is 0 Å². The van der Waals surface area contributed by atoms with E-state index in [2.05, 4.69) is 10.3 Å². The molecular formula is C21H24ClN3O3. The molecule has 148 valence electrons. The number of nitrogens with one attached hydrogen (secondary N) is 1. The predicted octanol–water partition coefficient (Wildman–Crippen LogP) is 3.61. The summed E-state index contributed by atoms with van der Waals surface area (Å²) >= 11 is 5.82. The monoisotopic (exact) mass is 401 g/mol. The summed E-state index contributed by atoms with van der Waals surface area (Å²) in [6.07, 6.45) is 3.21. The van der Waals surface area contributed by atoms with E-state index < -0.39 is 0 Å². The van der Waals surface area contributed by atoms with Crippen molar-refractivity contribution in [2.24, 2.45) is 0 Å². The molecule has 2 aromatic rings. The number of carbonyl (C=O) groups excluding carboxylic acids is 2. The topological polar surface area (TPSA) is 71.5 Å². The van der Waals surface area contributed by atoms with Gasteiger partial charge in [0.2, 0.25) is 5.91 Å². The number of rotatable bonds is 6. The van der Waals surface area contributed by atoms with E-state index in [9.17, 15) is 9.59 Å². The maximum atomic E-state index is 13.0. The molecule has 2 heterocycles. The molecule has 1 fully saturated rings. The van der Waals surface area contributed by atoms with Gasteiger partial charge in [-0.25, -0.2) is 4.98 Å². The van der Waals surface area contributed by atoms with Gasteiger partial charge in [0.1, 0.15) is 11.7 Å². The van der Waals surface area contributed by atoms with Crippen molar-refractivity contribution in [1.29, 1.82) is 0 Å². The van der Waals surface area contributed by atoms with Crippen molar-refractivity contribution in [3.8, 4) is 0 Å². The van der Waals surface area contributed by atoms with Crippen LogP contribution in [0.5, 0.6) is 0 Å². The number of halogens is 1. The Bertz CT molecular complexity index is 848. The average Bonchev–Trinajstić information content (AvgIpc) is 3.18. The lowest BCUT2D eigenvalue weighted by atomic mass is 10.1. The van der Waals surface area contributed by atoms with Crippen LogP contribution in [-0.4, -0.2) is 47.5 Å². The van der Waals surface area contributed by atoms with Crippen molar-refractivity contribution in [3.05, 3.63) is 58.4 Å². The van der Waals surface area contributed by atoms with Gasteiger partial charge in [0.05, 0.1) is 11.7 Å². The molecule has 0 radical (unpaired) electrons. The third kappa shape index (κ3) is 5.09. The zero-order valence-corrected chi connectivity index (χ0v) is 16.8. The van der Waals surface area contributed by atoms with Gasteiger partial charge >= 0.3 is 0 Å². The fraction of sp³-hybridized carbons (Fsp3) is 0.381. The number of carbonyl (C=O) groups is 2. The summed E-state index contributed by atoms with van der Waals surface area (Å²) in [6.45, 7) is 4.94. The van der Waals surface area contributed by atoms with Crippen LogP contribution in [0.15, 0.2) is 36.5 Å². The minimum Gasteiger partial charge on any atom is -0.376 e. The minimum atomic E-state index is -0.268. The first-order chi connectivity index (χ1) is 13.4. The Labute approximate surface area is 169 Å². The number of aromatic nitrogens is 1. The van der Waals surface area contributed by atoms with Gasteiger partial charge < -0.3 is 15.0 Å². The largest absolute Gasteiger partial charge is 0.376 e. The Morgan fingerprint density at radius 1 is 1.29 bits per heavy atom. The van der Waals surface area contributed by atoms with E-state index in [1.54, 1.807) is 12.1 Å². The molecule has 1 unspecified atom stereocenters. The van der Waals surface area contributed by atoms with Crippen LogP contribution in [0.1, 0.15) is 34.3 Å². The molecule has 2 amide bonds. The molecule has 1 saturated heterocycles. The minimum absolute atomic E-state index is 0.0577. The molecule has 0 saturated carbocycles. The summed E-state index contributed by atoms with van der Waals surface area (Å²) in [4.78, 5) is 31.1. The molecule has 28 heavy (non-hydrogen) atoms. The molecule has 0 spiro atoms. The van der Waals surface area contributed by atoms with E-state index in [1.807, 2.05) is 32.0 Å². The highest BCUT2D eigenvalue weighted by Gasteiger charge is 2.25. The molecule has 1 aliphatic rings. The van der Waals surface area contributed by atoms with Crippen molar-refractivity contribution in [2.45, 2.75) is 32.8 Å². The van der Waals surface area contributed by atoms with E-state index in [0.717, 1.165) is 29.7 Å². The zero-order chi connectivity index (χ0) is 20.1. The Morgan fingerprint density at radius 3 is 2.79 bits per heavy atom. The van der Waals surface area contributed by atoms with Crippen LogP contribution in [0.4, 0.5) is 5.69 Å². The van der Waals surface area contributed by atoms with Gasteiger partial charge in [0.15, 0.2) is 0 Å². The van der Waals surface area contributed by atoms with Crippen molar-refractivity contribution >= 4 is 29.1 Å². The molecule has 1 atom stereocenters. The lowest BCUT2D eigenvalue weighted by Crippen LogP contribution is -2.42. The number of amides is 2. The Morgan fingerprint density at radius 2 is 2.11 bits per heavy atom. The highest BCUT2D eigenvalue weighted by molar-refractivity contribution is 6.29. The third-order valence-electron chi connectivity index (χ3n) is 4.92. The average molecular weight is 402 g/mol. The maximum absolute atomic E-state index is 13.0. The number of benzene rings is 1. The van der Waals surface area contributed by atoms with Crippen LogP contribution in [0.25, 0.3) is 0 Å². The lowest BCUT2D eigenvalue weighted by Gasteiger charge is -2.25. The molecule has 1 aliphatic heterocycles. The van der Waals surface area contributed by atoms with Crippen LogP contribution in [-0.2, 0) is 9.53 Å². The molecule has 3 rings (SSSR count). The summed E-state index contributed by atoms with van der Waals surface area (Å²) in [7, 11) is 0. The number of pyridine rings is 1. The Hall–Kier alpha value is -2.44. The maximum Gasteiger partial charge on any atom is 0.255 e. The van der Waals surface area contributed by atoms with Gasteiger partial charge in [0, 0.05) is 25.0 Å². The number of nitrogens with zero attached hydrogens (tertiary/aromatic N) is 2. The summed E-state index contributed by atoms with van der Waals surface area (Å²) < 4.78 is 5.66. The summed E-state index contributed by atoms with van der Waals surface area (Å²) in [5, 5.41) is 3.23. The molecule has 1 aromatic heterocycles. The van der Waals surface area contributed by atoms with Crippen LogP contribution in [0.3, 0.4) is 0 Å². The van der Waals surface area contributed by atoms with E-state index in [4.69, 9.17) is 16.3 Å². The van der Waals surface area contributed by atoms with Gasteiger partial charge in [-0.1, -0.05) is 23.7 Å². The number of hydrogen-bond donors (Lipinski definition) is 1. The quantitative estimate of drug-likeness (QED) is 0.750. The van der Waals surface area contributed by atoms with E-state index in [-0.39, 0.29) is 24.5 Å². The summed E-state index contributed by atoms with van der Waals surface area (Å²) in [6, 6.07) is 8.92. The predicted molar refractivity (Wildman–Crippen MR) is 109 cm³/mol. The highest BCUT2D eigenvalue weighted by atomic mass is 35.5. The first kappa shape index (κ1) is 20.3. The van der Waals surface area contributed by atoms with Crippen molar-refractivity contribution in [3.63, 3.8) is 0 Å². The van der Waals surface area contributed by atoms with E-state index in [1.165, 1.54) is 11.1 Å². The third-order valence-corrected chi connectivity index (χ3v) is 5.15. The van der Waals surface area contributed by atoms with Gasteiger partial charge in [-0.2, -0.15) is 0 Å². The smallest absolute Gasteiger partial charge is 0.255 e. The number of aryl methyl sites for hydroxylation is 1. The van der Waals surface area contributed by atoms with Crippen LogP contribution in [0.2, 0.25) is 5.15 Å². The van der Waals surface area contributed by atoms with Crippen molar-refractivity contribution in [1.82, 2.24) is 9.88 Å². The molecule has 7 heteroatoms. The van der Waals surface area contributed by atoms with Gasteiger partial charge in [-0.3, -0.25) is 9.59 Å². The van der Waals surface area contributed by atoms with Gasteiger partial charge in [0.25, 0.3) is 5.91 Å².